The predicted octanol–water partition coefficient (Wildman–Crippen LogP) is 5.31. The number of carbonyl (C=O) groups is 1. The number of fused-ring (bicyclic) bond motifs is 1. The zero-order valence-corrected chi connectivity index (χ0v) is 15.1. The van der Waals surface area contributed by atoms with E-state index in [2.05, 4.69) is 10.3 Å². The van der Waals surface area contributed by atoms with Crippen LogP contribution in [-0.2, 0) is 4.79 Å². The molecule has 0 fully saturated rings. The van der Waals surface area contributed by atoms with Gasteiger partial charge < -0.3 is 9.72 Å². The van der Waals surface area contributed by atoms with Crippen molar-refractivity contribution in [3.8, 4) is 11.3 Å². The Morgan fingerprint density at radius 1 is 1.00 bits per heavy atom. The minimum Gasteiger partial charge on any atom is -0.322 e. The number of anilines is 1. The highest BCUT2D eigenvalue weighted by molar-refractivity contribution is 6.32. The second-order valence-electron chi connectivity index (χ2n) is 5.98. The highest BCUT2D eigenvalue weighted by atomic mass is 35.5. The maximum atomic E-state index is 12.4. The Balaban J connectivity index is 1.59. The molecular weight excluding hydrogens is 358 g/mol. The number of hydrogen-bond donors (Lipinski definition) is 1. The van der Waals surface area contributed by atoms with E-state index in [-0.39, 0.29) is 5.91 Å². The number of hydrogen-bond acceptors (Lipinski definition) is 2. The largest absolute Gasteiger partial charge is 0.322 e. The number of nitrogens with zero attached hydrogens (tertiary/aromatic N) is 2. The van der Waals surface area contributed by atoms with Crippen molar-refractivity contribution >= 4 is 34.9 Å². The Bertz CT molecular complexity index is 1110. The van der Waals surface area contributed by atoms with Crippen LogP contribution in [0, 0.1) is 0 Å². The lowest BCUT2D eigenvalue weighted by Gasteiger charge is -2.07. The second-order valence-corrected chi connectivity index (χ2v) is 6.39. The number of para-hydroxylation sites is 1. The first-order valence-corrected chi connectivity index (χ1v) is 8.85. The number of carbonyl (C=O) groups excluding carboxylic acids is 1. The normalized spacial score (nSPS) is 11.1. The maximum absolute atomic E-state index is 12.4. The van der Waals surface area contributed by atoms with Gasteiger partial charge in [-0.3, -0.25) is 4.79 Å². The van der Waals surface area contributed by atoms with Crippen LogP contribution < -0.4 is 5.32 Å². The standard InChI is InChI=1S/C22H16ClN3O/c23-18-9-3-1-7-16(18)12-13-22(27)25-19-10-4-2-8-17(19)20-15-26-14-6-5-11-21(26)24-20/h1-15H,(H,25,27). The van der Waals surface area contributed by atoms with E-state index in [0.717, 1.165) is 22.5 Å². The molecule has 0 aliphatic heterocycles. The summed E-state index contributed by atoms with van der Waals surface area (Å²) < 4.78 is 1.95. The second kappa shape index (κ2) is 7.48. The van der Waals surface area contributed by atoms with Crippen molar-refractivity contribution in [2.75, 3.05) is 5.32 Å². The molecular formula is C22H16ClN3O. The first-order valence-electron chi connectivity index (χ1n) is 8.47. The van der Waals surface area contributed by atoms with E-state index in [9.17, 15) is 4.79 Å². The van der Waals surface area contributed by atoms with Crippen LogP contribution in [0.4, 0.5) is 5.69 Å². The summed E-state index contributed by atoms with van der Waals surface area (Å²) in [6.45, 7) is 0. The fourth-order valence-corrected chi connectivity index (χ4v) is 3.03. The number of amides is 1. The molecule has 0 bridgehead atoms. The predicted molar refractivity (Wildman–Crippen MR) is 110 cm³/mol. The summed E-state index contributed by atoms with van der Waals surface area (Å²) in [5, 5.41) is 3.53. The average Bonchev–Trinajstić information content (AvgIpc) is 3.12. The molecule has 2 aromatic carbocycles. The van der Waals surface area contributed by atoms with Gasteiger partial charge in [-0.15, -0.1) is 0 Å². The molecule has 132 valence electrons. The third kappa shape index (κ3) is 3.76. The zero-order chi connectivity index (χ0) is 18.6. The van der Waals surface area contributed by atoms with Gasteiger partial charge in [-0.25, -0.2) is 4.98 Å². The van der Waals surface area contributed by atoms with Gasteiger partial charge in [-0.2, -0.15) is 0 Å². The van der Waals surface area contributed by atoms with Crippen molar-refractivity contribution in [3.05, 3.63) is 95.8 Å². The number of nitrogens with one attached hydrogen (secondary N) is 1. The van der Waals surface area contributed by atoms with E-state index in [1.807, 2.05) is 77.5 Å². The fraction of sp³-hybridized carbons (Fsp3) is 0. The quantitative estimate of drug-likeness (QED) is 0.493. The number of pyridine rings is 1. The van der Waals surface area contributed by atoms with Gasteiger partial charge in [0.1, 0.15) is 5.65 Å². The SMILES string of the molecule is O=C(C=Cc1ccccc1Cl)Nc1ccccc1-c1cn2ccccc2n1. The van der Waals surface area contributed by atoms with Crippen LogP contribution in [0.25, 0.3) is 23.0 Å². The van der Waals surface area contributed by atoms with Gasteiger partial charge in [0.2, 0.25) is 5.91 Å². The molecule has 5 heteroatoms. The summed E-state index contributed by atoms with van der Waals surface area (Å²) in [6, 6.07) is 20.8. The number of halogens is 1. The summed E-state index contributed by atoms with van der Waals surface area (Å²) in [4.78, 5) is 17.0. The van der Waals surface area contributed by atoms with Crippen molar-refractivity contribution in [2.45, 2.75) is 0 Å². The van der Waals surface area contributed by atoms with Crippen molar-refractivity contribution in [2.24, 2.45) is 0 Å². The Labute approximate surface area is 161 Å². The smallest absolute Gasteiger partial charge is 0.248 e. The van der Waals surface area contributed by atoms with Gasteiger partial charge in [0, 0.05) is 29.1 Å². The van der Waals surface area contributed by atoms with Crippen molar-refractivity contribution in [3.63, 3.8) is 0 Å². The van der Waals surface area contributed by atoms with Crippen LogP contribution in [0.1, 0.15) is 5.56 Å². The zero-order valence-electron chi connectivity index (χ0n) is 14.3. The van der Waals surface area contributed by atoms with E-state index in [0.29, 0.717) is 10.7 Å². The van der Waals surface area contributed by atoms with E-state index < -0.39 is 0 Å². The Kier molecular flexibility index (Phi) is 4.73. The summed E-state index contributed by atoms with van der Waals surface area (Å²) in [5.74, 6) is -0.230. The van der Waals surface area contributed by atoms with E-state index in [4.69, 9.17) is 11.6 Å². The lowest BCUT2D eigenvalue weighted by atomic mass is 10.1. The van der Waals surface area contributed by atoms with Crippen LogP contribution in [0.15, 0.2) is 85.2 Å². The lowest BCUT2D eigenvalue weighted by molar-refractivity contribution is -0.111. The topological polar surface area (TPSA) is 46.4 Å². The van der Waals surface area contributed by atoms with Gasteiger partial charge >= 0.3 is 0 Å². The van der Waals surface area contributed by atoms with Gasteiger partial charge in [-0.05, 0) is 35.9 Å². The Morgan fingerprint density at radius 3 is 2.63 bits per heavy atom. The molecule has 0 unspecified atom stereocenters. The van der Waals surface area contributed by atoms with Gasteiger partial charge in [-0.1, -0.05) is 54.1 Å². The molecule has 0 radical (unpaired) electrons. The van der Waals surface area contributed by atoms with Crippen LogP contribution in [0.5, 0.6) is 0 Å². The Hall–Kier alpha value is -3.37. The number of rotatable bonds is 4. The maximum Gasteiger partial charge on any atom is 0.248 e. The summed E-state index contributed by atoms with van der Waals surface area (Å²) in [6.07, 6.45) is 7.06. The molecule has 27 heavy (non-hydrogen) atoms. The first-order chi connectivity index (χ1) is 13.2. The minimum atomic E-state index is -0.230. The van der Waals surface area contributed by atoms with Crippen molar-refractivity contribution < 1.29 is 4.79 Å². The molecule has 1 N–H and O–H groups in total. The molecule has 2 heterocycles. The number of aromatic nitrogens is 2. The molecule has 0 saturated carbocycles. The highest BCUT2D eigenvalue weighted by Gasteiger charge is 2.10. The van der Waals surface area contributed by atoms with Gasteiger partial charge in [0.25, 0.3) is 0 Å². The third-order valence-electron chi connectivity index (χ3n) is 4.14. The first kappa shape index (κ1) is 17.1. The average molecular weight is 374 g/mol. The van der Waals surface area contributed by atoms with Crippen LogP contribution >= 0.6 is 11.6 Å². The fourth-order valence-electron chi connectivity index (χ4n) is 2.83. The molecule has 2 aromatic heterocycles. The van der Waals surface area contributed by atoms with Gasteiger partial charge in [0.15, 0.2) is 0 Å². The van der Waals surface area contributed by atoms with Crippen LogP contribution in [0.3, 0.4) is 0 Å². The molecule has 0 atom stereocenters. The summed E-state index contributed by atoms with van der Waals surface area (Å²) in [5.41, 5.74) is 4.01. The third-order valence-corrected chi connectivity index (χ3v) is 4.49. The van der Waals surface area contributed by atoms with Crippen LogP contribution in [-0.4, -0.2) is 15.3 Å². The summed E-state index contributed by atoms with van der Waals surface area (Å²) in [7, 11) is 0. The van der Waals surface area contributed by atoms with E-state index >= 15 is 0 Å². The summed E-state index contributed by atoms with van der Waals surface area (Å²) >= 11 is 6.12. The van der Waals surface area contributed by atoms with Crippen molar-refractivity contribution in [1.82, 2.24) is 9.38 Å². The Morgan fingerprint density at radius 2 is 1.78 bits per heavy atom. The van der Waals surface area contributed by atoms with Crippen LogP contribution in [0.2, 0.25) is 5.02 Å². The number of imidazole rings is 1. The van der Waals surface area contributed by atoms with E-state index in [1.54, 1.807) is 12.1 Å². The molecule has 0 aliphatic rings. The molecule has 0 aliphatic carbocycles. The molecule has 4 nitrogen and oxygen atoms in total. The van der Waals surface area contributed by atoms with Gasteiger partial charge in [0.05, 0.1) is 11.4 Å². The number of benzene rings is 2. The molecule has 0 saturated heterocycles. The lowest BCUT2D eigenvalue weighted by Crippen LogP contribution is -2.08. The highest BCUT2D eigenvalue weighted by Crippen LogP contribution is 2.27. The van der Waals surface area contributed by atoms with E-state index in [1.165, 1.54) is 6.08 Å². The minimum absolute atomic E-state index is 0.230. The van der Waals surface area contributed by atoms with Crippen molar-refractivity contribution in [1.29, 1.82) is 0 Å². The molecule has 4 rings (SSSR count). The molecule has 0 spiro atoms. The molecule has 4 aromatic rings. The molecule has 1 amide bonds. The monoisotopic (exact) mass is 373 g/mol.